The highest BCUT2D eigenvalue weighted by Gasteiger charge is 2.16. The highest BCUT2D eigenvalue weighted by molar-refractivity contribution is 5.52. The maximum absolute atomic E-state index is 12.9. The Kier molecular flexibility index (Phi) is 3.95. The summed E-state index contributed by atoms with van der Waals surface area (Å²) in [6, 6.07) is 9.99. The van der Waals surface area contributed by atoms with E-state index >= 15 is 0 Å². The molecule has 2 aromatic carbocycles. The smallest absolute Gasteiger partial charge is 0.388 e. The summed E-state index contributed by atoms with van der Waals surface area (Å²) in [5, 5.41) is 15.0. The van der Waals surface area contributed by atoms with Gasteiger partial charge in [0.1, 0.15) is 5.82 Å². The maximum atomic E-state index is 12.9. The maximum Gasteiger partial charge on any atom is 0.437 e. The lowest BCUT2D eigenvalue weighted by Crippen LogP contribution is -2.17. The van der Waals surface area contributed by atoms with Crippen LogP contribution >= 0.6 is 0 Å². The van der Waals surface area contributed by atoms with E-state index in [1.165, 1.54) is 30.3 Å². The van der Waals surface area contributed by atoms with Gasteiger partial charge in [-0.05, 0) is 36.8 Å². The van der Waals surface area contributed by atoms with E-state index in [9.17, 15) is 19.3 Å². The fourth-order valence-corrected chi connectivity index (χ4v) is 2.32. The van der Waals surface area contributed by atoms with E-state index in [-0.39, 0.29) is 18.1 Å². The topological polar surface area (TPSA) is 91.2 Å². The molecule has 0 N–H and O–H groups in total. The molecule has 0 radical (unpaired) electrons. The lowest BCUT2D eigenvalue weighted by molar-refractivity contribution is -0.385. The Bertz CT molecular complexity index is 960. The molecule has 24 heavy (non-hydrogen) atoms. The second kappa shape index (κ2) is 6.07. The number of aromatic nitrogens is 2. The normalized spacial score (nSPS) is 10.8. The standard InChI is InChI=1S/C16H12FN3O4/c1-10-12(3-2-4-14(10)20(22)23)9-19-16(21)24-15(18-19)11-5-7-13(17)8-6-11/h2-8H,9H2,1H3. The van der Waals surface area contributed by atoms with Crippen LogP contribution in [0.2, 0.25) is 0 Å². The SMILES string of the molecule is Cc1c(Cn2nc(-c3ccc(F)cc3)oc2=O)cccc1[N+](=O)[O-]. The van der Waals surface area contributed by atoms with Crippen molar-refractivity contribution >= 4 is 5.69 Å². The largest absolute Gasteiger partial charge is 0.437 e. The highest BCUT2D eigenvalue weighted by Crippen LogP contribution is 2.22. The number of nitro groups is 1. The number of halogens is 1. The van der Waals surface area contributed by atoms with Gasteiger partial charge in [-0.2, -0.15) is 4.68 Å². The zero-order valence-electron chi connectivity index (χ0n) is 12.6. The predicted octanol–water partition coefficient (Wildman–Crippen LogP) is 2.91. The van der Waals surface area contributed by atoms with E-state index < -0.39 is 16.5 Å². The number of hydrogen-bond donors (Lipinski definition) is 0. The summed E-state index contributed by atoms with van der Waals surface area (Å²) in [5.41, 5.74) is 1.48. The van der Waals surface area contributed by atoms with Gasteiger partial charge >= 0.3 is 5.76 Å². The molecule has 7 nitrogen and oxygen atoms in total. The summed E-state index contributed by atoms with van der Waals surface area (Å²) in [6.07, 6.45) is 0. The van der Waals surface area contributed by atoms with E-state index in [1.807, 2.05) is 0 Å². The monoisotopic (exact) mass is 329 g/mol. The molecule has 3 rings (SSSR count). The van der Waals surface area contributed by atoms with Crippen molar-refractivity contribution in [3.05, 3.63) is 80.1 Å². The zero-order chi connectivity index (χ0) is 17.3. The molecule has 0 saturated heterocycles. The first-order valence-electron chi connectivity index (χ1n) is 7.02. The minimum Gasteiger partial charge on any atom is -0.388 e. The third-order valence-corrected chi connectivity index (χ3v) is 3.63. The van der Waals surface area contributed by atoms with Gasteiger partial charge < -0.3 is 4.42 Å². The Hall–Kier alpha value is -3.29. The van der Waals surface area contributed by atoms with Crippen molar-refractivity contribution in [3.8, 4) is 11.5 Å². The molecule has 0 bridgehead atoms. The minimum absolute atomic E-state index is 0.0252. The molecular weight excluding hydrogens is 317 g/mol. The van der Waals surface area contributed by atoms with E-state index in [0.717, 1.165) is 4.68 Å². The van der Waals surface area contributed by atoms with Crippen molar-refractivity contribution in [2.75, 3.05) is 0 Å². The fraction of sp³-hybridized carbons (Fsp3) is 0.125. The fourth-order valence-electron chi connectivity index (χ4n) is 2.32. The van der Waals surface area contributed by atoms with Crippen LogP contribution in [0, 0.1) is 22.9 Å². The average molecular weight is 329 g/mol. The summed E-state index contributed by atoms with van der Waals surface area (Å²) in [4.78, 5) is 22.4. The zero-order valence-corrected chi connectivity index (χ0v) is 12.6. The molecule has 0 aliphatic heterocycles. The van der Waals surface area contributed by atoms with Gasteiger partial charge in [-0.15, -0.1) is 5.10 Å². The average Bonchev–Trinajstić information content (AvgIpc) is 2.90. The molecule has 3 aromatic rings. The first-order chi connectivity index (χ1) is 11.5. The van der Waals surface area contributed by atoms with E-state index in [0.29, 0.717) is 16.7 Å². The van der Waals surface area contributed by atoms with E-state index in [4.69, 9.17) is 4.42 Å². The van der Waals surface area contributed by atoms with Crippen molar-refractivity contribution < 1.29 is 13.7 Å². The van der Waals surface area contributed by atoms with E-state index in [1.54, 1.807) is 19.1 Å². The Balaban J connectivity index is 1.95. The molecule has 0 aliphatic carbocycles. The molecule has 8 heteroatoms. The molecule has 0 saturated carbocycles. The van der Waals surface area contributed by atoms with Crippen LogP contribution in [0.4, 0.5) is 10.1 Å². The first-order valence-corrected chi connectivity index (χ1v) is 7.02. The Morgan fingerprint density at radius 1 is 1.25 bits per heavy atom. The van der Waals surface area contributed by atoms with Gasteiger partial charge in [0, 0.05) is 17.2 Å². The summed E-state index contributed by atoms with van der Waals surface area (Å²) < 4.78 is 19.1. The number of nitrogens with zero attached hydrogens (tertiary/aromatic N) is 3. The van der Waals surface area contributed by atoms with Crippen molar-refractivity contribution in [1.29, 1.82) is 0 Å². The summed E-state index contributed by atoms with van der Waals surface area (Å²) >= 11 is 0. The second-order valence-corrected chi connectivity index (χ2v) is 5.16. The lowest BCUT2D eigenvalue weighted by Gasteiger charge is -2.04. The Morgan fingerprint density at radius 2 is 1.96 bits per heavy atom. The van der Waals surface area contributed by atoms with Crippen LogP contribution in [0.3, 0.4) is 0 Å². The van der Waals surface area contributed by atoms with Gasteiger partial charge in [0.25, 0.3) is 5.69 Å². The van der Waals surface area contributed by atoms with Crippen LogP contribution in [0.25, 0.3) is 11.5 Å². The van der Waals surface area contributed by atoms with Gasteiger partial charge in [0.2, 0.25) is 5.89 Å². The highest BCUT2D eigenvalue weighted by atomic mass is 19.1. The molecule has 0 fully saturated rings. The molecule has 122 valence electrons. The summed E-state index contributed by atoms with van der Waals surface area (Å²) in [7, 11) is 0. The number of rotatable bonds is 4. The Labute approximate surface area is 135 Å². The predicted molar refractivity (Wildman–Crippen MR) is 83.1 cm³/mol. The van der Waals surface area contributed by atoms with Crippen LogP contribution in [-0.2, 0) is 6.54 Å². The minimum atomic E-state index is -0.694. The van der Waals surface area contributed by atoms with Gasteiger partial charge in [-0.25, -0.2) is 9.18 Å². The van der Waals surface area contributed by atoms with Crippen molar-refractivity contribution in [2.45, 2.75) is 13.5 Å². The molecule has 1 aromatic heterocycles. The van der Waals surface area contributed by atoms with Gasteiger partial charge in [0.05, 0.1) is 11.5 Å². The number of hydrogen-bond acceptors (Lipinski definition) is 5. The molecule has 0 amide bonds. The Morgan fingerprint density at radius 3 is 2.62 bits per heavy atom. The quantitative estimate of drug-likeness (QED) is 0.542. The van der Waals surface area contributed by atoms with Crippen LogP contribution in [-0.4, -0.2) is 14.7 Å². The third-order valence-electron chi connectivity index (χ3n) is 3.63. The van der Waals surface area contributed by atoms with Gasteiger partial charge in [0.15, 0.2) is 0 Å². The third kappa shape index (κ3) is 2.94. The molecule has 0 unspecified atom stereocenters. The summed E-state index contributed by atoms with van der Waals surface area (Å²) in [6.45, 7) is 1.65. The second-order valence-electron chi connectivity index (χ2n) is 5.16. The summed E-state index contributed by atoms with van der Waals surface area (Å²) in [5.74, 6) is -1.05. The van der Waals surface area contributed by atoms with Gasteiger partial charge in [-0.3, -0.25) is 10.1 Å². The number of benzene rings is 2. The lowest BCUT2D eigenvalue weighted by atomic mass is 10.1. The van der Waals surface area contributed by atoms with Crippen LogP contribution in [0.5, 0.6) is 0 Å². The first kappa shape index (κ1) is 15.6. The van der Waals surface area contributed by atoms with Crippen molar-refractivity contribution in [3.63, 3.8) is 0 Å². The molecule has 1 heterocycles. The molecule has 0 atom stereocenters. The van der Waals surface area contributed by atoms with E-state index in [2.05, 4.69) is 5.10 Å². The van der Waals surface area contributed by atoms with Gasteiger partial charge in [-0.1, -0.05) is 12.1 Å². The van der Waals surface area contributed by atoms with Crippen LogP contribution in [0.1, 0.15) is 11.1 Å². The molecular formula is C16H12FN3O4. The number of nitro benzene ring substituents is 1. The van der Waals surface area contributed by atoms with Crippen LogP contribution in [0.15, 0.2) is 51.7 Å². The van der Waals surface area contributed by atoms with Crippen molar-refractivity contribution in [2.24, 2.45) is 0 Å². The van der Waals surface area contributed by atoms with Crippen molar-refractivity contribution in [1.82, 2.24) is 9.78 Å². The molecule has 0 aliphatic rings. The van der Waals surface area contributed by atoms with Crippen LogP contribution < -0.4 is 5.76 Å². The molecule has 0 spiro atoms.